The van der Waals surface area contributed by atoms with Gasteiger partial charge in [-0.3, -0.25) is 9.59 Å². The molecule has 0 spiro atoms. The first-order valence-electron chi connectivity index (χ1n) is 10.6. The minimum absolute atomic E-state index is 0.178. The smallest absolute Gasteiger partial charge is 0.258 e. The molecule has 2 amide bonds. The molecule has 8 heteroatoms. The van der Waals surface area contributed by atoms with E-state index in [2.05, 4.69) is 15.6 Å². The SMILES string of the molecule is Cc1ccc(NC(=O)c2ccccc2NC(=O)CCOCCOCCN)nc1C1CC1. The number of nitrogens with zero attached hydrogens (tertiary/aromatic N) is 1. The highest BCUT2D eigenvalue weighted by atomic mass is 16.5. The number of nitrogens with one attached hydrogen (secondary N) is 2. The van der Waals surface area contributed by atoms with Crippen LogP contribution in [0.15, 0.2) is 36.4 Å². The Kier molecular flexibility index (Phi) is 8.52. The second-order valence-corrected chi connectivity index (χ2v) is 7.48. The molecule has 0 unspecified atom stereocenters. The lowest BCUT2D eigenvalue weighted by atomic mass is 10.1. The van der Waals surface area contributed by atoms with Crippen LogP contribution in [0.3, 0.4) is 0 Å². The Labute approximate surface area is 182 Å². The van der Waals surface area contributed by atoms with Gasteiger partial charge in [0, 0.05) is 18.2 Å². The van der Waals surface area contributed by atoms with Crippen LogP contribution in [-0.4, -0.2) is 49.8 Å². The molecular weight excluding hydrogens is 396 g/mol. The van der Waals surface area contributed by atoms with E-state index in [4.69, 9.17) is 15.2 Å². The third-order valence-electron chi connectivity index (χ3n) is 4.90. The van der Waals surface area contributed by atoms with Crippen LogP contribution in [0.4, 0.5) is 11.5 Å². The molecule has 1 aromatic carbocycles. The van der Waals surface area contributed by atoms with Gasteiger partial charge in [-0.2, -0.15) is 0 Å². The summed E-state index contributed by atoms with van der Waals surface area (Å²) in [5, 5.41) is 5.64. The second-order valence-electron chi connectivity index (χ2n) is 7.48. The summed E-state index contributed by atoms with van der Waals surface area (Å²) in [6, 6.07) is 10.7. The van der Waals surface area contributed by atoms with Crippen molar-refractivity contribution in [3.63, 3.8) is 0 Å². The molecule has 8 nitrogen and oxygen atoms in total. The molecule has 0 saturated heterocycles. The highest BCUT2D eigenvalue weighted by Crippen LogP contribution is 2.40. The van der Waals surface area contributed by atoms with Crippen molar-refractivity contribution in [2.45, 2.75) is 32.1 Å². The number of anilines is 2. The molecule has 1 saturated carbocycles. The van der Waals surface area contributed by atoms with Gasteiger partial charge in [-0.15, -0.1) is 0 Å². The van der Waals surface area contributed by atoms with E-state index < -0.39 is 0 Å². The Bertz CT molecular complexity index is 899. The standard InChI is InChI=1S/C23H30N4O4/c1-16-6-9-20(26-22(16)17-7-8-17)27-23(29)18-4-2-3-5-19(18)25-21(28)10-12-30-14-15-31-13-11-24/h2-6,9,17H,7-8,10-15,24H2,1H3,(H,25,28)(H,26,27,29). The number of hydrogen-bond acceptors (Lipinski definition) is 6. The van der Waals surface area contributed by atoms with Crippen LogP contribution in [0, 0.1) is 6.92 Å². The fourth-order valence-corrected chi connectivity index (χ4v) is 3.14. The van der Waals surface area contributed by atoms with Crippen molar-refractivity contribution in [2.24, 2.45) is 5.73 Å². The van der Waals surface area contributed by atoms with Crippen molar-refractivity contribution < 1.29 is 19.1 Å². The highest BCUT2D eigenvalue weighted by molar-refractivity contribution is 6.09. The molecule has 1 aromatic heterocycles. The van der Waals surface area contributed by atoms with Gasteiger partial charge in [0.05, 0.1) is 44.1 Å². The van der Waals surface area contributed by atoms with Crippen LogP contribution in [-0.2, 0) is 14.3 Å². The van der Waals surface area contributed by atoms with Crippen LogP contribution in [0.25, 0.3) is 0 Å². The number of aryl methyl sites for hydroxylation is 1. The van der Waals surface area contributed by atoms with Crippen molar-refractivity contribution in [3.05, 3.63) is 53.2 Å². The number of pyridine rings is 1. The topological polar surface area (TPSA) is 116 Å². The Morgan fingerprint density at radius 1 is 1.03 bits per heavy atom. The van der Waals surface area contributed by atoms with Gasteiger partial charge in [-0.25, -0.2) is 4.98 Å². The van der Waals surface area contributed by atoms with Crippen LogP contribution in [0.5, 0.6) is 0 Å². The molecule has 0 bridgehead atoms. The number of benzene rings is 1. The van der Waals surface area contributed by atoms with Gasteiger partial charge in [0.25, 0.3) is 5.91 Å². The number of carbonyl (C=O) groups excluding carboxylic acids is 2. The molecule has 31 heavy (non-hydrogen) atoms. The minimum atomic E-state index is -0.317. The maximum absolute atomic E-state index is 12.8. The second kappa shape index (κ2) is 11.5. The maximum Gasteiger partial charge on any atom is 0.258 e. The summed E-state index contributed by atoms with van der Waals surface area (Å²) in [6.45, 7) is 4.10. The average molecular weight is 427 g/mol. The Balaban J connectivity index is 1.53. The third-order valence-corrected chi connectivity index (χ3v) is 4.90. The Morgan fingerprint density at radius 3 is 2.52 bits per heavy atom. The molecule has 1 aliphatic carbocycles. The lowest BCUT2D eigenvalue weighted by Crippen LogP contribution is -2.20. The first-order valence-corrected chi connectivity index (χ1v) is 10.6. The lowest BCUT2D eigenvalue weighted by Gasteiger charge is -2.12. The van der Waals surface area contributed by atoms with Crippen molar-refractivity contribution in [1.82, 2.24) is 4.98 Å². The molecule has 1 heterocycles. The Hall–Kier alpha value is -2.81. The fraction of sp³-hybridized carbons (Fsp3) is 0.435. The van der Waals surface area contributed by atoms with E-state index in [1.165, 1.54) is 0 Å². The summed E-state index contributed by atoms with van der Waals surface area (Å²) in [5.41, 5.74) is 8.35. The molecule has 0 atom stereocenters. The normalized spacial score (nSPS) is 13.1. The molecule has 0 aliphatic heterocycles. The number of hydrogen-bond donors (Lipinski definition) is 3. The summed E-state index contributed by atoms with van der Waals surface area (Å²) in [4.78, 5) is 29.7. The van der Waals surface area contributed by atoms with E-state index in [9.17, 15) is 9.59 Å². The predicted octanol–water partition coefficient (Wildman–Crippen LogP) is 2.84. The number of carbonyl (C=O) groups is 2. The van der Waals surface area contributed by atoms with E-state index >= 15 is 0 Å². The van der Waals surface area contributed by atoms with Gasteiger partial charge < -0.3 is 25.8 Å². The van der Waals surface area contributed by atoms with Crippen molar-refractivity contribution in [2.75, 3.05) is 43.6 Å². The summed E-state index contributed by atoms with van der Waals surface area (Å²) in [5.74, 6) is 0.469. The maximum atomic E-state index is 12.8. The summed E-state index contributed by atoms with van der Waals surface area (Å²) < 4.78 is 10.6. The van der Waals surface area contributed by atoms with Gasteiger partial charge in [0.1, 0.15) is 5.82 Å². The zero-order valence-electron chi connectivity index (χ0n) is 17.9. The molecule has 166 valence electrons. The predicted molar refractivity (Wildman–Crippen MR) is 119 cm³/mol. The van der Waals surface area contributed by atoms with E-state index in [1.54, 1.807) is 30.3 Å². The zero-order chi connectivity index (χ0) is 22.1. The quantitative estimate of drug-likeness (QED) is 0.450. The molecule has 3 rings (SSSR count). The first kappa shape index (κ1) is 22.9. The first-order chi connectivity index (χ1) is 15.1. The Morgan fingerprint density at radius 2 is 1.77 bits per heavy atom. The molecule has 2 aromatic rings. The summed E-state index contributed by atoms with van der Waals surface area (Å²) >= 11 is 0. The van der Waals surface area contributed by atoms with Gasteiger partial charge in [-0.05, 0) is 43.5 Å². The summed E-state index contributed by atoms with van der Waals surface area (Å²) in [7, 11) is 0. The number of ether oxygens (including phenoxy) is 2. The molecule has 1 fully saturated rings. The van der Waals surface area contributed by atoms with E-state index in [0.29, 0.717) is 49.4 Å². The van der Waals surface area contributed by atoms with Crippen LogP contribution < -0.4 is 16.4 Å². The summed E-state index contributed by atoms with van der Waals surface area (Å²) in [6.07, 6.45) is 2.46. The van der Waals surface area contributed by atoms with Crippen molar-refractivity contribution >= 4 is 23.3 Å². The third kappa shape index (κ3) is 7.13. The number of nitrogens with two attached hydrogens (primary N) is 1. The largest absolute Gasteiger partial charge is 0.379 e. The lowest BCUT2D eigenvalue weighted by molar-refractivity contribution is -0.117. The number of aromatic nitrogens is 1. The van der Waals surface area contributed by atoms with E-state index in [1.807, 2.05) is 13.0 Å². The van der Waals surface area contributed by atoms with Crippen LogP contribution >= 0.6 is 0 Å². The van der Waals surface area contributed by atoms with Gasteiger partial charge >= 0.3 is 0 Å². The molecule has 4 N–H and O–H groups in total. The van der Waals surface area contributed by atoms with Crippen molar-refractivity contribution in [1.29, 1.82) is 0 Å². The zero-order valence-corrected chi connectivity index (χ0v) is 17.9. The minimum Gasteiger partial charge on any atom is -0.379 e. The van der Waals surface area contributed by atoms with Gasteiger partial charge in [-0.1, -0.05) is 18.2 Å². The van der Waals surface area contributed by atoms with Crippen LogP contribution in [0.2, 0.25) is 0 Å². The number of amides is 2. The van der Waals surface area contributed by atoms with Gasteiger partial charge in [0.2, 0.25) is 5.91 Å². The molecule has 1 aliphatic rings. The number of para-hydroxylation sites is 1. The fourth-order valence-electron chi connectivity index (χ4n) is 3.14. The highest BCUT2D eigenvalue weighted by Gasteiger charge is 2.27. The monoisotopic (exact) mass is 426 g/mol. The van der Waals surface area contributed by atoms with Crippen LogP contribution in [0.1, 0.15) is 46.8 Å². The molecular formula is C23H30N4O4. The average Bonchev–Trinajstić information content (AvgIpc) is 3.60. The number of rotatable bonds is 12. The van der Waals surface area contributed by atoms with E-state index in [-0.39, 0.29) is 24.8 Å². The molecule has 0 radical (unpaired) electrons. The van der Waals surface area contributed by atoms with Crippen molar-refractivity contribution in [3.8, 4) is 0 Å². The van der Waals surface area contributed by atoms with E-state index in [0.717, 1.165) is 24.1 Å². The van der Waals surface area contributed by atoms with Gasteiger partial charge in [0.15, 0.2) is 0 Å².